The van der Waals surface area contributed by atoms with E-state index in [9.17, 15) is 5.11 Å². The first-order valence-corrected chi connectivity index (χ1v) is 4.97. The molecule has 0 saturated heterocycles. The first-order valence-electron chi connectivity index (χ1n) is 4.97. The van der Waals surface area contributed by atoms with Crippen molar-refractivity contribution < 1.29 is 5.11 Å². The van der Waals surface area contributed by atoms with Gasteiger partial charge in [-0.05, 0) is 31.2 Å². The van der Waals surface area contributed by atoms with E-state index in [1.54, 1.807) is 0 Å². The van der Waals surface area contributed by atoms with Gasteiger partial charge in [-0.15, -0.1) is 0 Å². The quantitative estimate of drug-likeness (QED) is 0.751. The summed E-state index contributed by atoms with van der Waals surface area (Å²) in [6.45, 7) is 4.02. The van der Waals surface area contributed by atoms with Crippen molar-refractivity contribution in [1.29, 1.82) is 0 Å². The Hall–Kier alpha value is -0.820. The van der Waals surface area contributed by atoms with Crippen LogP contribution in [0.2, 0.25) is 0 Å². The molecule has 0 aliphatic heterocycles. The average Bonchev–Trinajstić information content (AvgIpc) is 2.15. The molecule has 1 heteroatoms. The fourth-order valence-corrected chi connectivity index (χ4v) is 1.68. The summed E-state index contributed by atoms with van der Waals surface area (Å²) >= 11 is 0. The molecule has 0 fully saturated rings. The van der Waals surface area contributed by atoms with Gasteiger partial charge in [-0.3, -0.25) is 0 Å². The number of benzene rings is 1. The zero-order valence-corrected chi connectivity index (χ0v) is 8.40. The van der Waals surface area contributed by atoms with E-state index in [2.05, 4.69) is 31.2 Å². The maximum Gasteiger partial charge on any atom is 0.0517 e. The average molecular weight is 178 g/mol. The van der Waals surface area contributed by atoms with E-state index in [1.165, 1.54) is 5.56 Å². The van der Waals surface area contributed by atoms with Gasteiger partial charge in [-0.25, -0.2) is 0 Å². The number of hydrogen-bond donors (Lipinski definition) is 1. The van der Waals surface area contributed by atoms with Crippen molar-refractivity contribution in [2.45, 2.75) is 38.7 Å². The molecule has 0 heterocycles. The molecule has 0 saturated carbocycles. The Kier molecular flexibility index (Phi) is 3.97. The summed E-state index contributed by atoms with van der Waals surface area (Å²) in [5.41, 5.74) is 1.34. The van der Waals surface area contributed by atoms with Crippen molar-refractivity contribution in [3.8, 4) is 0 Å². The monoisotopic (exact) mass is 178 g/mol. The standard InChI is InChI=1S/C12H18O/c1-3-11(9-10(2)13)12-7-5-4-6-8-12/h4-8,10-11,13H,3,9H2,1-2H3/t10-,11-/m0/s1. The fourth-order valence-electron chi connectivity index (χ4n) is 1.68. The fraction of sp³-hybridized carbons (Fsp3) is 0.500. The van der Waals surface area contributed by atoms with Crippen molar-refractivity contribution in [3.63, 3.8) is 0 Å². The second-order valence-corrected chi connectivity index (χ2v) is 3.60. The molecule has 1 N–H and O–H groups in total. The topological polar surface area (TPSA) is 20.2 Å². The molecule has 0 aliphatic rings. The molecule has 2 atom stereocenters. The van der Waals surface area contributed by atoms with Crippen LogP contribution in [0.25, 0.3) is 0 Å². The van der Waals surface area contributed by atoms with E-state index in [0.29, 0.717) is 5.92 Å². The molecule has 1 aromatic carbocycles. The van der Waals surface area contributed by atoms with E-state index < -0.39 is 0 Å². The highest BCUT2D eigenvalue weighted by atomic mass is 16.3. The molecule has 0 aromatic heterocycles. The highest BCUT2D eigenvalue weighted by Crippen LogP contribution is 2.24. The van der Waals surface area contributed by atoms with E-state index in [4.69, 9.17) is 0 Å². The van der Waals surface area contributed by atoms with E-state index in [1.807, 2.05) is 13.0 Å². The SMILES string of the molecule is CC[C@@H](C[C@H](C)O)c1ccccc1. The summed E-state index contributed by atoms with van der Waals surface area (Å²) in [6, 6.07) is 10.4. The zero-order chi connectivity index (χ0) is 9.68. The van der Waals surface area contributed by atoms with Crippen molar-refractivity contribution in [2.75, 3.05) is 0 Å². The van der Waals surface area contributed by atoms with E-state index in [-0.39, 0.29) is 6.10 Å². The molecule has 72 valence electrons. The van der Waals surface area contributed by atoms with E-state index in [0.717, 1.165) is 12.8 Å². The summed E-state index contributed by atoms with van der Waals surface area (Å²) in [5.74, 6) is 0.501. The van der Waals surface area contributed by atoms with Gasteiger partial charge in [0.2, 0.25) is 0 Å². The molecule has 0 radical (unpaired) electrons. The minimum Gasteiger partial charge on any atom is -0.393 e. The van der Waals surface area contributed by atoms with Crippen LogP contribution < -0.4 is 0 Å². The number of aliphatic hydroxyl groups is 1. The predicted octanol–water partition coefficient (Wildman–Crippen LogP) is 2.95. The van der Waals surface area contributed by atoms with Gasteiger partial charge in [0, 0.05) is 0 Å². The molecule has 1 nitrogen and oxygen atoms in total. The minimum atomic E-state index is -0.204. The third-order valence-electron chi connectivity index (χ3n) is 2.39. The smallest absolute Gasteiger partial charge is 0.0517 e. The Bertz CT molecular complexity index is 228. The lowest BCUT2D eigenvalue weighted by Gasteiger charge is -2.16. The molecule has 0 bridgehead atoms. The third-order valence-corrected chi connectivity index (χ3v) is 2.39. The van der Waals surface area contributed by atoms with Crippen LogP contribution in [0.1, 0.15) is 38.2 Å². The zero-order valence-electron chi connectivity index (χ0n) is 8.40. The Morgan fingerprint density at radius 3 is 2.31 bits per heavy atom. The highest BCUT2D eigenvalue weighted by Gasteiger charge is 2.10. The first kappa shape index (κ1) is 10.3. The van der Waals surface area contributed by atoms with Crippen LogP contribution in [0.5, 0.6) is 0 Å². The molecule has 0 spiro atoms. The van der Waals surface area contributed by atoms with Crippen molar-refractivity contribution in [2.24, 2.45) is 0 Å². The largest absolute Gasteiger partial charge is 0.393 e. The van der Waals surface area contributed by atoms with Crippen LogP contribution in [-0.2, 0) is 0 Å². The van der Waals surface area contributed by atoms with Crippen LogP contribution >= 0.6 is 0 Å². The summed E-state index contributed by atoms with van der Waals surface area (Å²) in [5, 5.41) is 9.32. The van der Waals surface area contributed by atoms with Crippen molar-refractivity contribution in [1.82, 2.24) is 0 Å². The lowest BCUT2D eigenvalue weighted by molar-refractivity contribution is 0.173. The van der Waals surface area contributed by atoms with E-state index >= 15 is 0 Å². The molecule has 1 aromatic rings. The van der Waals surface area contributed by atoms with Crippen LogP contribution in [0.15, 0.2) is 30.3 Å². The Morgan fingerprint density at radius 2 is 1.85 bits per heavy atom. The maximum absolute atomic E-state index is 9.32. The van der Waals surface area contributed by atoms with Crippen LogP contribution in [0.4, 0.5) is 0 Å². The van der Waals surface area contributed by atoms with Crippen molar-refractivity contribution in [3.05, 3.63) is 35.9 Å². The Labute approximate surface area is 80.4 Å². The summed E-state index contributed by atoms with van der Waals surface area (Å²) in [6.07, 6.45) is 1.75. The molecule has 0 amide bonds. The summed E-state index contributed by atoms with van der Waals surface area (Å²) in [7, 11) is 0. The van der Waals surface area contributed by atoms with Gasteiger partial charge in [0.1, 0.15) is 0 Å². The lowest BCUT2D eigenvalue weighted by Crippen LogP contribution is -2.07. The second kappa shape index (κ2) is 5.03. The van der Waals surface area contributed by atoms with Gasteiger partial charge in [0.05, 0.1) is 6.10 Å². The molecule has 0 unspecified atom stereocenters. The Balaban J connectivity index is 2.67. The highest BCUT2D eigenvalue weighted by molar-refractivity contribution is 5.19. The summed E-state index contributed by atoms with van der Waals surface area (Å²) in [4.78, 5) is 0. The second-order valence-electron chi connectivity index (χ2n) is 3.60. The number of hydrogen-bond acceptors (Lipinski definition) is 1. The molecular formula is C12H18O. The van der Waals surface area contributed by atoms with Crippen LogP contribution in [0.3, 0.4) is 0 Å². The van der Waals surface area contributed by atoms with Gasteiger partial charge in [0.25, 0.3) is 0 Å². The number of aliphatic hydroxyl groups excluding tert-OH is 1. The Morgan fingerprint density at radius 1 is 1.23 bits per heavy atom. The number of rotatable bonds is 4. The van der Waals surface area contributed by atoms with Crippen molar-refractivity contribution >= 4 is 0 Å². The normalized spacial score (nSPS) is 15.3. The minimum absolute atomic E-state index is 0.204. The maximum atomic E-state index is 9.32. The third kappa shape index (κ3) is 3.19. The molecule has 0 aliphatic carbocycles. The molecule has 1 rings (SSSR count). The van der Waals surface area contributed by atoms with Gasteiger partial charge in [-0.1, -0.05) is 37.3 Å². The van der Waals surface area contributed by atoms with Gasteiger partial charge < -0.3 is 5.11 Å². The molecular weight excluding hydrogens is 160 g/mol. The van der Waals surface area contributed by atoms with Gasteiger partial charge in [-0.2, -0.15) is 0 Å². The predicted molar refractivity (Wildman–Crippen MR) is 55.8 cm³/mol. The summed E-state index contributed by atoms with van der Waals surface area (Å²) < 4.78 is 0. The lowest BCUT2D eigenvalue weighted by atomic mass is 9.91. The first-order chi connectivity index (χ1) is 6.24. The van der Waals surface area contributed by atoms with Crippen LogP contribution in [-0.4, -0.2) is 11.2 Å². The molecule has 13 heavy (non-hydrogen) atoms. The van der Waals surface area contributed by atoms with Gasteiger partial charge >= 0.3 is 0 Å². The van der Waals surface area contributed by atoms with Gasteiger partial charge in [0.15, 0.2) is 0 Å². The van der Waals surface area contributed by atoms with Crippen LogP contribution in [0, 0.1) is 0 Å².